The first-order valence-electron chi connectivity index (χ1n) is 11.5. The largest absolute Gasteiger partial charge is 0.494 e. The summed E-state index contributed by atoms with van der Waals surface area (Å²) in [5.74, 6) is -0.847. The Kier molecular flexibility index (Phi) is 8.40. The number of amides is 2. The highest BCUT2D eigenvalue weighted by Gasteiger charge is 2.25. The Labute approximate surface area is 199 Å². The van der Waals surface area contributed by atoms with Crippen molar-refractivity contribution in [3.8, 4) is 5.75 Å². The Bertz CT molecular complexity index is 1060. The highest BCUT2D eigenvalue weighted by molar-refractivity contribution is 6.02. The average Bonchev–Trinajstić information content (AvgIpc) is 3.26. The molecule has 1 atom stereocenters. The molecule has 0 aromatic heterocycles. The average molecular weight is 467 g/mol. The summed E-state index contributed by atoms with van der Waals surface area (Å²) in [5, 5.41) is 2.50. The topological polar surface area (TPSA) is 102 Å². The summed E-state index contributed by atoms with van der Waals surface area (Å²) in [7, 11) is 0. The SMILES string of the molecule is CCCCOc1ccc(C(=O)NCC(=O)OC(C)C(=O)c2ccc3c(c2)CCN3C(C)=O)cc1. The van der Waals surface area contributed by atoms with Gasteiger partial charge in [0.15, 0.2) is 6.10 Å². The van der Waals surface area contributed by atoms with E-state index in [9.17, 15) is 19.2 Å². The lowest BCUT2D eigenvalue weighted by molar-refractivity contribution is -0.145. The van der Waals surface area contributed by atoms with Crippen LogP contribution in [0.15, 0.2) is 42.5 Å². The quantitative estimate of drug-likeness (QED) is 0.327. The van der Waals surface area contributed by atoms with E-state index in [0.29, 0.717) is 36.4 Å². The number of esters is 1. The van der Waals surface area contributed by atoms with E-state index in [0.717, 1.165) is 24.1 Å². The molecule has 0 fully saturated rings. The number of unbranched alkanes of at least 4 members (excludes halogenated alkanes) is 1. The van der Waals surface area contributed by atoms with E-state index < -0.39 is 18.0 Å². The van der Waals surface area contributed by atoms with Crippen molar-refractivity contribution in [2.24, 2.45) is 0 Å². The minimum Gasteiger partial charge on any atom is -0.494 e. The van der Waals surface area contributed by atoms with Crippen LogP contribution in [0.1, 0.15) is 59.9 Å². The number of anilines is 1. The van der Waals surface area contributed by atoms with E-state index in [4.69, 9.17) is 9.47 Å². The van der Waals surface area contributed by atoms with Gasteiger partial charge in [-0.05, 0) is 67.8 Å². The zero-order valence-corrected chi connectivity index (χ0v) is 19.8. The Hall–Kier alpha value is -3.68. The molecule has 2 aromatic rings. The predicted molar refractivity (Wildman–Crippen MR) is 127 cm³/mol. The van der Waals surface area contributed by atoms with Gasteiger partial charge in [0.25, 0.3) is 5.91 Å². The van der Waals surface area contributed by atoms with Gasteiger partial charge in [0.1, 0.15) is 12.3 Å². The Morgan fingerprint density at radius 1 is 1.06 bits per heavy atom. The molecule has 1 heterocycles. The number of Topliss-reactive ketones (excluding diaryl/α,β-unsaturated/α-hetero) is 1. The number of nitrogens with one attached hydrogen (secondary N) is 1. The summed E-state index contributed by atoms with van der Waals surface area (Å²) in [6, 6.07) is 11.8. The molecule has 1 aliphatic rings. The van der Waals surface area contributed by atoms with E-state index in [1.165, 1.54) is 13.8 Å². The minimum atomic E-state index is -1.01. The van der Waals surface area contributed by atoms with Crippen LogP contribution in [0.2, 0.25) is 0 Å². The predicted octanol–water partition coefficient (Wildman–Crippen LogP) is 3.32. The smallest absolute Gasteiger partial charge is 0.326 e. The summed E-state index contributed by atoms with van der Waals surface area (Å²) in [6.07, 6.45) is 1.65. The van der Waals surface area contributed by atoms with Gasteiger partial charge < -0.3 is 19.7 Å². The number of ketones is 1. The fraction of sp³-hybridized carbons (Fsp3) is 0.385. The van der Waals surface area contributed by atoms with Crippen LogP contribution in [0.3, 0.4) is 0 Å². The Balaban J connectivity index is 1.48. The van der Waals surface area contributed by atoms with Crippen molar-refractivity contribution in [3.63, 3.8) is 0 Å². The van der Waals surface area contributed by atoms with Gasteiger partial charge in [-0.15, -0.1) is 0 Å². The molecule has 0 saturated heterocycles. The number of nitrogens with zero attached hydrogens (tertiary/aromatic N) is 1. The maximum absolute atomic E-state index is 12.7. The normalized spacial score (nSPS) is 13.1. The van der Waals surface area contributed by atoms with E-state index in [1.807, 2.05) is 0 Å². The standard InChI is InChI=1S/C26H30N2O6/c1-4-5-14-33-22-9-6-19(7-10-22)26(32)27-16-24(30)34-17(2)25(31)21-8-11-23-20(15-21)12-13-28(23)18(3)29/h6-11,15,17H,4-5,12-14,16H2,1-3H3,(H,27,32). The molecule has 0 radical (unpaired) electrons. The second-order valence-corrected chi connectivity index (χ2v) is 8.17. The molecule has 1 N–H and O–H groups in total. The van der Waals surface area contributed by atoms with E-state index >= 15 is 0 Å². The van der Waals surface area contributed by atoms with E-state index in [1.54, 1.807) is 47.4 Å². The molecule has 180 valence electrons. The van der Waals surface area contributed by atoms with Crippen LogP contribution in [-0.4, -0.2) is 49.4 Å². The number of benzene rings is 2. The van der Waals surface area contributed by atoms with Crippen molar-refractivity contribution in [2.45, 2.75) is 46.1 Å². The molecule has 0 bridgehead atoms. The minimum absolute atomic E-state index is 0.0431. The molecule has 1 aliphatic heterocycles. The molecule has 0 aliphatic carbocycles. The van der Waals surface area contributed by atoms with Gasteiger partial charge in [-0.25, -0.2) is 0 Å². The second-order valence-electron chi connectivity index (χ2n) is 8.17. The van der Waals surface area contributed by atoms with Crippen LogP contribution in [0, 0.1) is 0 Å². The van der Waals surface area contributed by atoms with Gasteiger partial charge in [-0.1, -0.05) is 13.3 Å². The molecule has 8 heteroatoms. The summed E-state index contributed by atoms with van der Waals surface area (Å²) in [4.78, 5) is 50.5. The summed E-state index contributed by atoms with van der Waals surface area (Å²) in [6.45, 7) is 5.92. The van der Waals surface area contributed by atoms with Crippen molar-refractivity contribution >= 4 is 29.3 Å². The van der Waals surface area contributed by atoms with Crippen molar-refractivity contribution in [3.05, 3.63) is 59.2 Å². The lowest BCUT2D eigenvalue weighted by atomic mass is 10.0. The van der Waals surface area contributed by atoms with Crippen molar-refractivity contribution in [1.82, 2.24) is 5.32 Å². The van der Waals surface area contributed by atoms with Crippen LogP contribution in [-0.2, 0) is 20.7 Å². The molecular weight excluding hydrogens is 436 g/mol. The van der Waals surface area contributed by atoms with Crippen LogP contribution in [0.5, 0.6) is 5.75 Å². The number of rotatable bonds is 10. The van der Waals surface area contributed by atoms with Crippen LogP contribution in [0.25, 0.3) is 0 Å². The Morgan fingerprint density at radius 2 is 1.76 bits per heavy atom. The first-order valence-corrected chi connectivity index (χ1v) is 11.5. The fourth-order valence-corrected chi connectivity index (χ4v) is 3.70. The number of carbonyl (C=O) groups excluding carboxylic acids is 4. The number of fused-ring (bicyclic) bond motifs is 1. The fourth-order valence-electron chi connectivity index (χ4n) is 3.70. The molecule has 1 unspecified atom stereocenters. The zero-order valence-electron chi connectivity index (χ0n) is 19.8. The van der Waals surface area contributed by atoms with Gasteiger partial charge in [0, 0.05) is 30.3 Å². The van der Waals surface area contributed by atoms with E-state index in [-0.39, 0.29) is 18.2 Å². The molecule has 2 amide bonds. The summed E-state index contributed by atoms with van der Waals surface area (Å²) >= 11 is 0. The van der Waals surface area contributed by atoms with Crippen molar-refractivity contribution in [2.75, 3.05) is 24.6 Å². The van der Waals surface area contributed by atoms with Gasteiger partial charge in [-0.3, -0.25) is 19.2 Å². The molecule has 8 nitrogen and oxygen atoms in total. The summed E-state index contributed by atoms with van der Waals surface area (Å²) in [5.41, 5.74) is 2.51. The van der Waals surface area contributed by atoms with Crippen molar-refractivity contribution < 1.29 is 28.7 Å². The first kappa shape index (κ1) is 25.0. The van der Waals surface area contributed by atoms with Crippen LogP contribution >= 0.6 is 0 Å². The van der Waals surface area contributed by atoms with E-state index in [2.05, 4.69) is 12.2 Å². The number of carbonyl (C=O) groups is 4. The summed E-state index contributed by atoms with van der Waals surface area (Å²) < 4.78 is 10.8. The third kappa shape index (κ3) is 6.21. The third-order valence-electron chi connectivity index (χ3n) is 5.59. The molecule has 2 aromatic carbocycles. The lowest BCUT2D eigenvalue weighted by Gasteiger charge is -2.16. The highest BCUT2D eigenvalue weighted by atomic mass is 16.5. The first-order chi connectivity index (χ1) is 16.3. The maximum atomic E-state index is 12.7. The van der Waals surface area contributed by atoms with Gasteiger partial charge in [0.2, 0.25) is 11.7 Å². The number of hydrogen-bond acceptors (Lipinski definition) is 6. The Morgan fingerprint density at radius 3 is 2.44 bits per heavy atom. The molecule has 3 rings (SSSR count). The van der Waals surface area contributed by atoms with Gasteiger partial charge in [-0.2, -0.15) is 0 Å². The van der Waals surface area contributed by atoms with Gasteiger partial charge in [0.05, 0.1) is 6.61 Å². The molecule has 0 spiro atoms. The number of ether oxygens (including phenoxy) is 2. The van der Waals surface area contributed by atoms with Crippen LogP contribution < -0.4 is 15.0 Å². The second kappa shape index (κ2) is 11.4. The molecule has 0 saturated carbocycles. The monoisotopic (exact) mass is 466 g/mol. The highest BCUT2D eigenvalue weighted by Crippen LogP contribution is 2.29. The maximum Gasteiger partial charge on any atom is 0.326 e. The van der Waals surface area contributed by atoms with Gasteiger partial charge >= 0.3 is 5.97 Å². The zero-order chi connectivity index (χ0) is 24.7. The van der Waals surface area contributed by atoms with Crippen molar-refractivity contribution in [1.29, 1.82) is 0 Å². The third-order valence-corrected chi connectivity index (χ3v) is 5.59. The number of hydrogen-bond donors (Lipinski definition) is 1. The molecule has 34 heavy (non-hydrogen) atoms. The molecular formula is C26H30N2O6. The lowest BCUT2D eigenvalue weighted by Crippen LogP contribution is -2.34. The van der Waals surface area contributed by atoms with Crippen LogP contribution in [0.4, 0.5) is 5.69 Å².